The van der Waals surface area contributed by atoms with Crippen molar-refractivity contribution in [2.24, 2.45) is 0 Å². The number of hydrogen-bond donors (Lipinski definition) is 1. The fourth-order valence-electron chi connectivity index (χ4n) is 1.53. The molecule has 2 rings (SSSR count). The zero-order valence-corrected chi connectivity index (χ0v) is 10.3. The molecule has 0 aliphatic carbocycles. The van der Waals surface area contributed by atoms with Crippen molar-refractivity contribution in [3.8, 4) is 0 Å². The van der Waals surface area contributed by atoms with Crippen molar-refractivity contribution < 1.29 is 8.78 Å². The maximum atomic E-state index is 13.0. The number of aryl methyl sites for hydroxylation is 1. The largest absolute Gasteiger partial charge is 0.366 e. The highest BCUT2D eigenvalue weighted by Crippen LogP contribution is 2.13. The van der Waals surface area contributed by atoms with Crippen molar-refractivity contribution in [3.05, 3.63) is 52.4 Å². The molecule has 2 aromatic rings. The summed E-state index contributed by atoms with van der Waals surface area (Å²) in [6, 6.07) is 4.89. The predicted octanol–water partition coefficient (Wildman–Crippen LogP) is 3.33. The van der Waals surface area contributed by atoms with Crippen LogP contribution in [0, 0.1) is 18.6 Å². The maximum Gasteiger partial charge on any atom is 0.134 e. The fraction of sp³-hybridized carbons (Fsp3) is 0.167. The van der Waals surface area contributed by atoms with Gasteiger partial charge in [0.15, 0.2) is 0 Å². The molecule has 0 atom stereocenters. The van der Waals surface area contributed by atoms with Gasteiger partial charge < -0.3 is 5.32 Å². The van der Waals surface area contributed by atoms with Crippen LogP contribution >= 0.6 is 11.6 Å². The number of benzene rings is 1. The minimum Gasteiger partial charge on any atom is -0.366 e. The maximum absolute atomic E-state index is 13.0. The highest BCUT2D eigenvalue weighted by molar-refractivity contribution is 6.29. The van der Waals surface area contributed by atoms with E-state index in [-0.39, 0.29) is 6.54 Å². The Labute approximate surface area is 108 Å². The first-order valence-electron chi connectivity index (χ1n) is 5.23. The minimum atomic E-state index is -0.608. The van der Waals surface area contributed by atoms with Crippen molar-refractivity contribution in [1.82, 2.24) is 9.97 Å². The summed E-state index contributed by atoms with van der Waals surface area (Å²) in [7, 11) is 0. The molecule has 0 fully saturated rings. The Morgan fingerprint density at radius 3 is 2.39 bits per heavy atom. The monoisotopic (exact) mass is 269 g/mol. The van der Waals surface area contributed by atoms with Crippen LogP contribution in [0.5, 0.6) is 0 Å². The second-order valence-electron chi connectivity index (χ2n) is 3.75. The lowest BCUT2D eigenvalue weighted by Crippen LogP contribution is -2.04. The minimum absolute atomic E-state index is 0.251. The Hall–Kier alpha value is -1.75. The van der Waals surface area contributed by atoms with Crippen LogP contribution in [-0.4, -0.2) is 9.97 Å². The van der Waals surface area contributed by atoms with Gasteiger partial charge in [-0.2, -0.15) is 0 Å². The predicted molar refractivity (Wildman–Crippen MR) is 65.5 cm³/mol. The van der Waals surface area contributed by atoms with E-state index in [2.05, 4.69) is 15.3 Å². The summed E-state index contributed by atoms with van der Waals surface area (Å²) in [5.74, 6) is -0.181. The van der Waals surface area contributed by atoms with E-state index < -0.39 is 11.6 Å². The molecule has 0 saturated heterocycles. The first-order chi connectivity index (χ1) is 8.52. The molecule has 0 bridgehead atoms. The van der Waals surface area contributed by atoms with Crippen LogP contribution in [0.4, 0.5) is 14.6 Å². The molecule has 18 heavy (non-hydrogen) atoms. The van der Waals surface area contributed by atoms with Gasteiger partial charge in [-0.1, -0.05) is 11.6 Å². The van der Waals surface area contributed by atoms with Crippen molar-refractivity contribution in [1.29, 1.82) is 0 Å². The third-order valence-electron chi connectivity index (χ3n) is 2.20. The number of aromatic nitrogens is 2. The lowest BCUT2D eigenvalue weighted by molar-refractivity contribution is 0.580. The first-order valence-corrected chi connectivity index (χ1v) is 5.61. The molecule has 1 aromatic carbocycles. The molecule has 0 aliphatic heterocycles. The van der Waals surface area contributed by atoms with Gasteiger partial charge in [-0.3, -0.25) is 0 Å². The third kappa shape index (κ3) is 3.37. The molecule has 0 amide bonds. The van der Waals surface area contributed by atoms with Crippen LogP contribution in [0.25, 0.3) is 0 Å². The second-order valence-corrected chi connectivity index (χ2v) is 4.14. The molecule has 0 unspecified atom stereocenters. The highest BCUT2D eigenvalue weighted by Gasteiger charge is 2.03. The highest BCUT2D eigenvalue weighted by atomic mass is 35.5. The molecule has 0 spiro atoms. The van der Waals surface area contributed by atoms with Gasteiger partial charge in [-0.25, -0.2) is 18.7 Å². The first kappa shape index (κ1) is 12.7. The second kappa shape index (κ2) is 5.27. The fourth-order valence-corrected chi connectivity index (χ4v) is 1.75. The summed E-state index contributed by atoms with van der Waals surface area (Å²) in [4.78, 5) is 8.01. The standard InChI is InChI=1S/C12H10ClF2N3/c1-7-17-11(13)5-12(18-7)16-6-8-2-9(14)4-10(15)3-8/h2-5H,6H2,1H3,(H,16,17,18). The quantitative estimate of drug-likeness (QED) is 0.869. The van der Waals surface area contributed by atoms with E-state index in [1.165, 1.54) is 12.1 Å². The van der Waals surface area contributed by atoms with Gasteiger partial charge in [0, 0.05) is 18.7 Å². The zero-order chi connectivity index (χ0) is 13.1. The molecule has 0 saturated carbocycles. The summed E-state index contributed by atoms with van der Waals surface area (Å²) in [6.07, 6.45) is 0. The summed E-state index contributed by atoms with van der Waals surface area (Å²) >= 11 is 5.77. The summed E-state index contributed by atoms with van der Waals surface area (Å²) in [5, 5.41) is 3.24. The van der Waals surface area contributed by atoms with E-state index in [9.17, 15) is 8.78 Å². The normalized spacial score (nSPS) is 10.4. The van der Waals surface area contributed by atoms with Gasteiger partial charge in [-0.15, -0.1) is 0 Å². The number of hydrogen-bond acceptors (Lipinski definition) is 3. The number of rotatable bonds is 3. The molecule has 94 valence electrons. The van der Waals surface area contributed by atoms with Gasteiger partial charge in [0.1, 0.15) is 28.4 Å². The van der Waals surface area contributed by atoms with Crippen LogP contribution < -0.4 is 5.32 Å². The Bertz CT molecular complexity index is 483. The van der Waals surface area contributed by atoms with Crippen LogP contribution in [-0.2, 0) is 6.54 Å². The Kier molecular flexibility index (Phi) is 3.72. The van der Waals surface area contributed by atoms with Crippen LogP contribution in [0.2, 0.25) is 5.15 Å². The van der Waals surface area contributed by atoms with Gasteiger partial charge in [0.2, 0.25) is 0 Å². The smallest absolute Gasteiger partial charge is 0.134 e. The van der Waals surface area contributed by atoms with Crippen molar-refractivity contribution in [2.75, 3.05) is 5.32 Å². The lowest BCUT2D eigenvalue weighted by Gasteiger charge is -2.07. The van der Waals surface area contributed by atoms with E-state index in [0.29, 0.717) is 22.4 Å². The van der Waals surface area contributed by atoms with Gasteiger partial charge in [0.05, 0.1) is 0 Å². The van der Waals surface area contributed by atoms with Crippen LogP contribution in [0.1, 0.15) is 11.4 Å². The van der Waals surface area contributed by atoms with Gasteiger partial charge in [0.25, 0.3) is 0 Å². The van der Waals surface area contributed by atoms with E-state index in [0.717, 1.165) is 6.07 Å². The topological polar surface area (TPSA) is 37.8 Å². The summed E-state index contributed by atoms with van der Waals surface area (Å²) < 4.78 is 25.9. The van der Waals surface area contributed by atoms with Gasteiger partial charge in [-0.05, 0) is 24.6 Å². The summed E-state index contributed by atoms with van der Waals surface area (Å²) in [5.41, 5.74) is 0.486. The summed E-state index contributed by atoms with van der Waals surface area (Å²) in [6.45, 7) is 1.96. The Morgan fingerprint density at radius 1 is 1.11 bits per heavy atom. The lowest BCUT2D eigenvalue weighted by atomic mass is 10.2. The molecule has 0 aliphatic rings. The number of anilines is 1. The van der Waals surface area contributed by atoms with E-state index in [4.69, 9.17) is 11.6 Å². The van der Waals surface area contributed by atoms with Crippen LogP contribution in [0.15, 0.2) is 24.3 Å². The van der Waals surface area contributed by atoms with E-state index in [1.54, 1.807) is 13.0 Å². The Morgan fingerprint density at radius 2 is 1.78 bits per heavy atom. The van der Waals surface area contributed by atoms with Crippen molar-refractivity contribution in [3.63, 3.8) is 0 Å². The molecule has 6 heteroatoms. The number of nitrogens with one attached hydrogen (secondary N) is 1. The average Bonchev–Trinajstić information content (AvgIpc) is 2.23. The average molecular weight is 270 g/mol. The van der Waals surface area contributed by atoms with E-state index >= 15 is 0 Å². The number of halogens is 3. The van der Waals surface area contributed by atoms with Crippen LogP contribution in [0.3, 0.4) is 0 Å². The van der Waals surface area contributed by atoms with E-state index in [1.807, 2.05) is 0 Å². The molecule has 1 heterocycles. The number of nitrogens with zero attached hydrogens (tertiary/aromatic N) is 2. The van der Waals surface area contributed by atoms with Gasteiger partial charge >= 0.3 is 0 Å². The molecule has 1 aromatic heterocycles. The Balaban J connectivity index is 2.11. The van der Waals surface area contributed by atoms with Crippen molar-refractivity contribution in [2.45, 2.75) is 13.5 Å². The van der Waals surface area contributed by atoms with Crippen molar-refractivity contribution >= 4 is 17.4 Å². The molecule has 3 nitrogen and oxygen atoms in total. The molecular weight excluding hydrogens is 260 g/mol. The third-order valence-corrected chi connectivity index (χ3v) is 2.40. The molecular formula is C12H10ClF2N3. The molecule has 1 N–H and O–H groups in total. The zero-order valence-electron chi connectivity index (χ0n) is 9.54. The molecule has 0 radical (unpaired) electrons. The SMILES string of the molecule is Cc1nc(Cl)cc(NCc2cc(F)cc(F)c2)n1.